The molecule has 1 atom stereocenters. The lowest BCUT2D eigenvalue weighted by Crippen LogP contribution is -2.05. The van der Waals surface area contributed by atoms with Gasteiger partial charge in [0.1, 0.15) is 11.5 Å². The molecule has 9 heteroatoms. The van der Waals surface area contributed by atoms with E-state index in [2.05, 4.69) is 9.90 Å². The molecule has 0 aliphatic rings. The van der Waals surface area contributed by atoms with Crippen molar-refractivity contribution in [1.29, 1.82) is 0 Å². The van der Waals surface area contributed by atoms with E-state index in [1.165, 1.54) is 0 Å². The number of hydrogen-bond donors (Lipinski definition) is 2. The van der Waals surface area contributed by atoms with Gasteiger partial charge in [-0.1, -0.05) is 36.4 Å². The molecule has 0 spiro atoms. The number of nitrogens with zero attached hydrogens (tertiary/aromatic N) is 2. The van der Waals surface area contributed by atoms with Gasteiger partial charge >= 0.3 is 0 Å². The lowest BCUT2D eigenvalue weighted by molar-refractivity contribution is 0.392. The molecule has 1 aromatic heterocycles. The zero-order valence-electron chi connectivity index (χ0n) is 19.6. The predicted molar refractivity (Wildman–Crippen MR) is 142 cm³/mol. The number of hydrogen-bond acceptors (Lipinski definition) is 6. The van der Waals surface area contributed by atoms with Crippen molar-refractivity contribution in [3.05, 3.63) is 89.3 Å². The molecule has 182 valence electrons. The van der Waals surface area contributed by atoms with Crippen molar-refractivity contribution >= 4 is 44.0 Å². The summed E-state index contributed by atoms with van der Waals surface area (Å²) in [6.07, 6.45) is 0. The Bertz CT molecular complexity index is 1600. The zero-order valence-corrected chi connectivity index (χ0v) is 20.4. The second-order valence-electron chi connectivity index (χ2n) is 8.15. The summed E-state index contributed by atoms with van der Waals surface area (Å²) in [6.45, 7) is 0.250. The van der Waals surface area contributed by atoms with Crippen molar-refractivity contribution < 1.29 is 18.8 Å². The van der Waals surface area contributed by atoms with E-state index in [4.69, 9.17) is 9.47 Å². The Hall–Kier alpha value is -4.37. The van der Waals surface area contributed by atoms with Gasteiger partial charge in [-0.3, -0.25) is 0 Å². The van der Waals surface area contributed by atoms with Crippen LogP contribution in [0.3, 0.4) is 0 Å². The van der Waals surface area contributed by atoms with Crippen LogP contribution in [0, 0.1) is 4.91 Å². The Balaban J connectivity index is 1.51. The number of fused-ring (bicyclic) bond motifs is 2. The molecule has 0 bridgehead atoms. The molecule has 0 fully saturated rings. The van der Waals surface area contributed by atoms with Crippen molar-refractivity contribution in [1.82, 2.24) is 4.57 Å². The molecule has 0 aliphatic heterocycles. The quantitative estimate of drug-likeness (QED) is 0.250. The van der Waals surface area contributed by atoms with Crippen LogP contribution < -0.4 is 14.2 Å². The van der Waals surface area contributed by atoms with Gasteiger partial charge in [-0.25, -0.2) is 4.21 Å². The number of nitroso groups, excluding NO2 is 1. The van der Waals surface area contributed by atoms with E-state index in [-0.39, 0.29) is 18.1 Å². The van der Waals surface area contributed by atoms with E-state index in [9.17, 15) is 14.2 Å². The predicted octanol–water partition coefficient (Wildman–Crippen LogP) is 6.10. The van der Waals surface area contributed by atoms with Crippen LogP contribution in [-0.2, 0) is 17.5 Å². The molecule has 0 radical (unpaired) electrons. The molecule has 1 unspecified atom stereocenters. The second-order valence-corrected chi connectivity index (χ2v) is 9.33. The van der Waals surface area contributed by atoms with Gasteiger partial charge in [0.25, 0.3) is 0 Å². The van der Waals surface area contributed by atoms with Crippen LogP contribution in [0.2, 0.25) is 0 Å². The average Bonchev–Trinajstić information content (AvgIpc) is 3.17. The van der Waals surface area contributed by atoms with Gasteiger partial charge < -0.3 is 23.9 Å². The van der Waals surface area contributed by atoms with E-state index >= 15 is 0 Å². The Kier molecular flexibility index (Phi) is 6.30. The van der Waals surface area contributed by atoms with E-state index in [1.54, 1.807) is 43.1 Å². The number of ether oxygens (including phenoxy) is 2. The number of rotatable bonds is 8. The summed E-state index contributed by atoms with van der Waals surface area (Å²) in [5.41, 5.74) is 1.85. The third kappa shape index (κ3) is 4.25. The maximum Gasteiger partial charge on any atom is 0.222 e. The number of anilines is 1. The molecule has 36 heavy (non-hydrogen) atoms. The first-order valence-corrected chi connectivity index (χ1v) is 12.2. The number of aromatic hydroxyl groups is 1. The third-order valence-corrected chi connectivity index (χ3v) is 7.19. The first-order valence-electron chi connectivity index (χ1n) is 11.1. The molecular weight excluding hydrogens is 478 g/mol. The van der Waals surface area contributed by atoms with Gasteiger partial charge in [0.15, 0.2) is 16.7 Å². The average molecular weight is 502 g/mol. The van der Waals surface area contributed by atoms with Gasteiger partial charge in [-0.2, -0.15) is 0 Å². The minimum absolute atomic E-state index is 0.0838. The van der Waals surface area contributed by atoms with Gasteiger partial charge in [0, 0.05) is 17.1 Å². The van der Waals surface area contributed by atoms with E-state index < -0.39 is 11.0 Å². The maximum atomic E-state index is 13.2. The molecule has 2 N–H and O–H groups in total. The summed E-state index contributed by atoms with van der Waals surface area (Å²) in [4.78, 5) is 12.3. The van der Waals surface area contributed by atoms with E-state index in [0.717, 1.165) is 16.3 Å². The summed E-state index contributed by atoms with van der Waals surface area (Å²) in [5.74, 6) is 0.960. The molecule has 8 nitrogen and oxygen atoms in total. The Morgan fingerprint density at radius 2 is 1.64 bits per heavy atom. The molecule has 4 aromatic carbocycles. The number of nitrogens with one attached hydrogen (secondary N) is 1. The first kappa shape index (κ1) is 23.4. The summed E-state index contributed by atoms with van der Waals surface area (Å²) < 4.78 is 28.5. The fraction of sp³-hybridized carbons (Fsp3) is 0.111. The van der Waals surface area contributed by atoms with Crippen LogP contribution >= 0.6 is 0 Å². The minimum atomic E-state index is -1.55. The van der Waals surface area contributed by atoms with Crippen LogP contribution in [0.4, 0.5) is 11.4 Å². The van der Waals surface area contributed by atoms with Gasteiger partial charge in [-0.15, -0.1) is 4.91 Å². The normalized spacial score (nSPS) is 11.9. The first-order chi connectivity index (χ1) is 17.5. The highest BCUT2D eigenvalue weighted by Gasteiger charge is 2.19. The molecule has 1 heterocycles. The fourth-order valence-corrected chi connectivity index (χ4v) is 5.34. The second kappa shape index (κ2) is 9.71. The Labute approximate surface area is 209 Å². The number of aromatic nitrogens is 1. The highest BCUT2D eigenvalue weighted by Crippen LogP contribution is 2.40. The highest BCUT2D eigenvalue weighted by atomic mass is 32.2. The molecule has 0 aliphatic carbocycles. The van der Waals surface area contributed by atoms with Crippen LogP contribution in [-0.4, -0.2) is 28.1 Å². The molecule has 5 aromatic rings. The largest absolute Gasteiger partial charge is 0.497 e. The standard InChI is InChI=1S/C27H23N3O5S/c1-34-20-12-17(13-21(15-20)35-2)16-30-24-11-10-19(14-23(24)26(28-32)27(30)31)29-36(33)25-9-5-7-18-6-3-4-8-22(18)25/h3-15,29,31H,16H2,1-2H3. The molecule has 0 saturated carbocycles. The summed E-state index contributed by atoms with van der Waals surface area (Å²) in [6, 6.07) is 23.9. The van der Waals surface area contributed by atoms with Crippen LogP contribution in [0.5, 0.6) is 17.4 Å². The molecule has 0 amide bonds. The zero-order chi connectivity index (χ0) is 25.2. The van der Waals surface area contributed by atoms with E-state index in [1.807, 2.05) is 54.6 Å². The van der Waals surface area contributed by atoms with E-state index in [0.29, 0.717) is 33.0 Å². The lowest BCUT2D eigenvalue weighted by Gasteiger charge is -2.12. The fourth-order valence-electron chi connectivity index (χ4n) is 4.30. The maximum absolute atomic E-state index is 13.2. The highest BCUT2D eigenvalue weighted by molar-refractivity contribution is 7.86. The summed E-state index contributed by atoms with van der Waals surface area (Å²) >= 11 is 0. The number of benzene rings is 4. The minimum Gasteiger partial charge on any atom is -0.497 e. The van der Waals surface area contributed by atoms with Gasteiger partial charge in [0.05, 0.1) is 31.2 Å². The van der Waals surface area contributed by atoms with Crippen LogP contribution in [0.15, 0.2) is 88.9 Å². The van der Waals surface area contributed by atoms with Crippen molar-refractivity contribution in [2.24, 2.45) is 5.18 Å². The number of methoxy groups -OCH3 is 2. The lowest BCUT2D eigenvalue weighted by atomic mass is 10.1. The summed E-state index contributed by atoms with van der Waals surface area (Å²) in [7, 11) is 1.57. The van der Waals surface area contributed by atoms with Crippen LogP contribution in [0.1, 0.15) is 5.56 Å². The molecular formula is C27H23N3O5S. The van der Waals surface area contributed by atoms with Crippen molar-refractivity contribution in [3.8, 4) is 17.4 Å². The molecule has 5 rings (SSSR count). The van der Waals surface area contributed by atoms with Gasteiger partial charge in [0.2, 0.25) is 5.88 Å². The monoisotopic (exact) mass is 501 g/mol. The Morgan fingerprint density at radius 1 is 0.917 bits per heavy atom. The van der Waals surface area contributed by atoms with Crippen LogP contribution in [0.25, 0.3) is 21.7 Å². The van der Waals surface area contributed by atoms with Crippen molar-refractivity contribution in [3.63, 3.8) is 0 Å². The SMILES string of the molecule is COc1cc(Cn2c(O)c(N=O)c3cc(NS(=O)c4cccc5ccccc45)ccc32)cc(OC)c1. The smallest absolute Gasteiger partial charge is 0.222 e. The van der Waals surface area contributed by atoms with Crippen molar-refractivity contribution in [2.45, 2.75) is 11.4 Å². The van der Waals surface area contributed by atoms with Gasteiger partial charge in [-0.05, 0) is 57.9 Å². The molecule has 0 saturated heterocycles. The van der Waals surface area contributed by atoms with Crippen molar-refractivity contribution in [2.75, 3.05) is 18.9 Å². The topological polar surface area (TPSA) is 102 Å². The third-order valence-electron chi connectivity index (χ3n) is 6.01. The summed E-state index contributed by atoms with van der Waals surface area (Å²) in [5, 5.41) is 16.2. The Morgan fingerprint density at radius 3 is 2.36 bits per heavy atom.